The van der Waals surface area contributed by atoms with Gasteiger partial charge in [-0.15, -0.1) is 0 Å². The van der Waals surface area contributed by atoms with E-state index in [1.54, 1.807) is 6.92 Å². The Bertz CT molecular complexity index is 1100. The third-order valence-electron chi connectivity index (χ3n) is 5.45. The van der Waals surface area contributed by atoms with E-state index in [2.05, 4.69) is 16.3 Å². The molecule has 1 heterocycles. The fourth-order valence-electron chi connectivity index (χ4n) is 3.78. The molecule has 1 aliphatic heterocycles. The molecule has 32 heavy (non-hydrogen) atoms. The summed E-state index contributed by atoms with van der Waals surface area (Å²) >= 11 is 0. The Morgan fingerprint density at radius 3 is 2.50 bits per heavy atom. The first-order chi connectivity index (χ1) is 15.1. The third kappa shape index (κ3) is 6.27. The van der Waals surface area contributed by atoms with Crippen LogP contribution in [0, 0.1) is 17.0 Å². The van der Waals surface area contributed by atoms with Crippen molar-refractivity contribution in [1.29, 1.82) is 0 Å². The molecule has 1 aliphatic rings. The van der Waals surface area contributed by atoms with Gasteiger partial charge in [0.05, 0.1) is 16.9 Å². The van der Waals surface area contributed by atoms with Crippen molar-refractivity contribution in [3.63, 3.8) is 0 Å². The Balaban J connectivity index is 1.68. The van der Waals surface area contributed by atoms with Crippen LogP contribution in [-0.4, -0.2) is 50.0 Å². The number of nitrogens with zero attached hydrogens (tertiary/aromatic N) is 3. The monoisotopic (exact) mass is 460 g/mol. The van der Waals surface area contributed by atoms with E-state index in [-0.39, 0.29) is 17.9 Å². The van der Waals surface area contributed by atoms with Crippen LogP contribution >= 0.6 is 0 Å². The van der Waals surface area contributed by atoms with Gasteiger partial charge in [-0.1, -0.05) is 30.3 Å². The molecule has 1 saturated heterocycles. The van der Waals surface area contributed by atoms with Crippen LogP contribution in [-0.2, 0) is 27.9 Å². The molecule has 9 nitrogen and oxygen atoms in total. The standard InChI is InChI=1S/C22H28N4O5S/c1-17-8-9-20(26(28)29)13-21(17)25(32(2,30)31)16-22(27)23-14-18-6-5-7-19(12-18)15-24-10-3-4-11-24/h5-9,12-13H,3-4,10-11,14-16H2,1-2H3,(H,23,27). The number of nitro groups is 1. The van der Waals surface area contributed by atoms with Gasteiger partial charge in [-0.3, -0.25) is 24.1 Å². The van der Waals surface area contributed by atoms with Gasteiger partial charge in [0.15, 0.2) is 0 Å². The van der Waals surface area contributed by atoms with Crippen LogP contribution in [0.15, 0.2) is 42.5 Å². The van der Waals surface area contributed by atoms with Crippen molar-refractivity contribution in [3.05, 3.63) is 69.3 Å². The van der Waals surface area contributed by atoms with Crippen molar-refractivity contribution in [2.24, 2.45) is 0 Å². The SMILES string of the molecule is Cc1ccc([N+](=O)[O-])cc1N(CC(=O)NCc1cccc(CN2CCCC2)c1)S(C)(=O)=O. The number of likely N-dealkylation sites (tertiary alicyclic amines) is 1. The Morgan fingerprint density at radius 2 is 1.84 bits per heavy atom. The van der Waals surface area contributed by atoms with Crippen molar-refractivity contribution in [2.75, 3.05) is 30.2 Å². The molecular formula is C22H28N4O5S. The predicted octanol–water partition coefficient (Wildman–Crippen LogP) is 2.58. The van der Waals surface area contributed by atoms with E-state index in [4.69, 9.17) is 0 Å². The largest absolute Gasteiger partial charge is 0.350 e. The first-order valence-corrected chi connectivity index (χ1v) is 12.3. The second-order valence-corrected chi connectivity index (χ2v) is 9.98. The van der Waals surface area contributed by atoms with Crippen LogP contribution in [0.5, 0.6) is 0 Å². The molecule has 2 aromatic carbocycles. The van der Waals surface area contributed by atoms with Gasteiger partial charge < -0.3 is 5.32 Å². The highest BCUT2D eigenvalue weighted by molar-refractivity contribution is 7.92. The van der Waals surface area contributed by atoms with Crippen molar-refractivity contribution >= 4 is 27.3 Å². The molecule has 172 valence electrons. The van der Waals surface area contributed by atoms with Gasteiger partial charge in [0.25, 0.3) is 5.69 Å². The Morgan fingerprint density at radius 1 is 1.16 bits per heavy atom. The van der Waals surface area contributed by atoms with Gasteiger partial charge in [0.2, 0.25) is 15.9 Å². The topological polar surface area (TPSA) is 113 Å². The van der Waals surface area contributed by atoms with Crippen LogP contribution in [0.3, 0.4) is 0 Å². The highest BCUT2D eigenvalue weighted by Gasteiger charge is 2.24. The Hall–Kier alpha value is -2.98. The molecule has 0 saturated carbocycles. The lowest BCUT2D eigenvalue weighted by Gasteiger charge is -2.23. The molecule has 0 aromatic heterocycles. The molecule has 0 atom stereocenters. The second-order valence-electron chi connectivity index (χ2n) is 8.08. The van der Waals surface area contributed by atoms with Crippen LogP contribution < -0.4 is 9.62 Å². The quantitative estimate of drug-likeness (QED) is 0.455. The number of aryl methyl sites for hydroxylation is 1. The van der Waals surface area contributed by atoms with Crippen LogP contribution in [0.25, 0.3) is 0 Å². The summed E-state index contributed by atoms with van der Waals surface area (Å²) in [7, 11) is -3.84. The molecular weight excluding hydrogens is 432 g/mol. The first-order valence-electron chi connectivity index (χ1n) is 10.4. The molecule has 0 unspecified atom stereocenters. The lowest BCUT2D eigenvalue weighted by molar-refractivity contribution is -0.384. The van der Waals surface area contributed by atoms with Gasteiger partial charge in [-0.25, -0.2) is 8.42 Å². The van der Waals surface area contributed by atoms with E-state index in [9.17, 15) is 23.3 Å². The van der Waals surface area contributed by atoms with Gasteiger partial charge in [-0.05, 0) is 49.5 Å². The summed E-state index contributed by atoms with van der Waals surface area (Å²) in [5, 5.41) is 13.9. The minimum absolute atomic E-state index is 0.115. The highest BCUT2D eigenvalue weighted by atomic mass is 32.2. The van der Waals surface area contributed by atoms with Gasteiger partial charge in [0, 0.05) is 25.2 Å². The fraction of sp³-hybridized carbons (Fsp3) is 0.409. The highest BCUT2D eigenvalue weighted by Crippen LogP contribution is 2.27. The third-order valence-corrected chi connectivity index (χ3v) is 6.57. The van der Waals surface area contributed by atoms with Gasteiger partial charge in [-0.2, -0.15) is 0 Å². The number of hydrogen-bond donors (Lipinski definition) is 1. The van der Waals surface area contributed by atoms with Crippen molar-refractivity contribution < 1.29 is 18.1 Å². The van der Waals surface area contributed by atoms with Gasteiger partial charge >= 0.3 is 0 Å². The Kier molecular flexibility index (Phi) is 7.47. The number of amides is 1. The van der Waals surface area contributed by atoms with E-state index in [1.165, 1.54) is 36.6 Å². The number of rotatable bonds is 9. The molecule has 0 aliphatic carbocycles. The molecule has 2 aromatic rings. The zero-order valence-electron chi connectivity index (χ0n) is 18.3. The maximum Gasteiger partial charge on any atom is 0.271 e. The minimum atomic E-state index is -3.84. The van der Waals surface area contributed by atoms with E-state index < -0.39 is 27.4 Å². The summed E-state index contributed by atoms with van der Waals surface area (Å²) < 4.78 is 25.6. The zero-order valence-corrected chi connectivity index (χ0v) is 19.1. The van der Waals surface area contributed by atoms with E-state index in [1.807, 2.05) is 18.2 Å². The Labute approximate surface area is 188 Å². The number of benzene rings is 2. The molecule has 1 amide bonds. The summed E-state index contributed by atoms with van der Waals surface area (Å²) in [6, 6.07) is 11.9. The first kappa shape index (κ1) is 23.7. The minimum Gasteiger partial charge on any atom is -0.350 e. The number of nitrogens with one attached hydrogen (secondary N) is 1. The summed E-state index contributed by atoms with van der Waals surface area (Å²) in [4.78, 5) is 25.5. The molecule has 3 rings (SSSR count). The maximum absolute atomic E-state index is 12.6. The molecule has 0 bridgehead atoms. The average Bonchev–Trinajstić information content (AvgIpc) is 3.23. The maximum atomic E-state index is 12.6. The van der Waals surface area contributed by atoms with Crippen molar-refractivity contribution in [1.82, 2.24) is 10.2 Å². The van der Waals surface area contributed by atoms with Crippen molar-refractivity contribution in [3.8, 4) is 0 Å². The molecule has 1 N–H and O–H groups in total. The van der Waals surface area contributed by atoms with E-state index in [0.29, 0.717) is 5.56 Å². The predicted molar refractivity (Wildman–Crippen MR) is 123 cm³/mol. The van der Waals surface area contributed by atoms with Gasteiger partial charge in [0.1, 0.15) is 6.54 Å². The average molecular weight is 461 g/mol. The number of hydrogen-bond acceptors (Lipinski definition) is 6. The van der Waals surface area contributed by atoms with Crippen molar-refractivity contribution in [2.45, 2.75) is 32.9 Å². The summed E-state index contributed by atoms with van der Waals surface area (Å²) in [5.74, 6) is -0.494. The van der Waals surface area contributed by atoms with Crippen LogP contribution in [0.2, 0.25) is 0 Å². The summed E-state index contributed by atoms with van der Waals surface area (Å²) in [6.07, 6.45) is 3.41. The number of anilines is 1. The van der Waals surface area contributed by atoms with E-state index in [0.717, 1.165) is 35.8 Å². The molecule has 0 spiro atoms. The normalized spacial score (nSPS) is 14.3. The molecule has 10 heteroatoms. The summed E-state index contributed by atoms with van der Waals surface area (Å²) in [6.45, 7) is 4.50. The molecule has 0 radical (unpaired) electrons. The van der Waals surface area contributed by atoms with Crippen LogP contribution in [0.1, 0.15) is 29.5 Å². The number of carbonyl (C=O) groups excluding carboxylic acids is 1. The summed E-state index contributed by atoms with van der Waals surface area (Å²) in [5.41, 5.74) is 2.48. The van der Waals surface area contributed by atoms with E-state index >= 15 is 0 Å². The number of non-ortho nitro benzene ring substituents is 1. The number of carbonyl (C=O) groups is 1. The molecule has 1 fully saturated rings. The lowest BCUT2D eigenvalue weighted by atomic mass is 10.1. The zero-order chi connectivity index (χ0) is 23.3. The number of nitro benzene ring substituents is 1. The smallest absolute Gasteiger partial charge is 0.271 e. The fourth-order valence-corrected chi connectivity index (χ4v) is 4.69. The van der Waals surface area contributed by atoms with Crippen LogP contribution in [0.4, 0.5) is 11.4 Å². The lowest BCUT2D eigenvalue weighted by Crippen LogP contribution is -2.40. The number of sulfonamides is 1. The second kappa shape index (κ2) is 10.1.